The summed E-state index contributed by atoms with van der Waals surface area (Å²) in [5.74, 6) is 1.25. The van der Waals surface area contributed by atoms with Crippen molar-refractivity contribution in [2.24, 2.45) is 0 Å². The zero-order chi connectivity index (χ0) is 13.2. The van der Waals surface area contributed by atoms with Gasteiger partial charge in [-0.2, -0.15) is 0 Å². The second-order valence-electron chi connectivity index (χ2n) is 5.74. The lowest BCUT2D eigenvalue weighted by Gasteiger charge is -2.33. The molecule has 0 unspecified atom stereocenters. The van der Waals surface area contributed by atoms with E-state index in [1.807, 2.05) is 27.0 Å². The van der Waals surface area contributed by atoms with Crippen LogP contribution in [0.15, 0.2) is 12.4 Å². The molecule has 0 spiro atoms. The molecular weight excluding hydrogens is 230 g/mol. The van der Waals surface area contributed by atoms with Crippen LogP contribution in [0.2, 0.25) is 0 Å². The number of hydrogen-bond acceptors (Lipinski definition) is 3. The van der Waals surface area contributed by atoms with Gasteiger partial charge in [-0.25, -0.2) is 9.78 Å². The van der Waals surface area contributed by atoms with Crippen molar-refractivity contribution in [3.8, 4) is 0 Å². The van der Waals surface area contributed by atoms with E-state index in [1.165, 1.54) is 0 Å². The van der Waals surface area contributed by atoms with E-state index in [0.29, 0.717) is 12.5 Å². The van der Waals surface area contributed by atoms with Gasteiger partial charge in [-0.05, 0) is 33.6 Å². The summed E-state index contributed by atoms with van der Waals surface area (Å²) in [5, 5.41) is 0. The molecule has 1 N–H and O–H groups in total. The number of nitrogens with zero attached hydrogens (tertiary/aromatic N) is 2. The average molecular weight is 251 g/mol. The van der Waals surface area contributed by atoms with Crippen molar-refractivity contribution in [1.29, 1.82) is 0 Å². The maximum absolute atomic E-state index is 12.0. The Morgan fingerprint density at radius 1 is 1.56 bits per heavy atom. The monoisotopic (exact) mass is 251 g/mol. The number of likely N-dealkylation sites (tertiary alicyclic amines) is 1. The molecule has 1 aliphatic heterocycles. The van der Waals surface area contributed by atoms with Crippen molar-refractivity contribution in [2.75, 3.05) is 13.1 Å². The molecule has 1 atom stereocenters. The van der Waals surface area contributed by atoms with Crippen molar-refractivity contribution < 1.29 is 9.53 Å². The molecular formula is C13H21N3O2. The maximum atomic E-state index is 12.0. The van der Waals surface area contributed by atoms with Gasteiger partial charge in [0.1, 0.15) is 11.4 Å². The van der Waals surface area contributed by atoms with Crippen molar-refractivity contribution in [3.63, 3.8) is 0 Å². The second kappa shape index (κ2) is 5.00. The minimum Gasteiger partial charge on any atom is -0.444 e. The normalized spacial score (nSPS) is 20.8. The number of imidazole rings is 1. The minimum absolute atomic E-state index is 0.223. The van der Waals surface area contributed by atoms with Gasteiger partial charge in [-0.1, -0.05) is 0 Å². The van der Waals surface area contributed by atoms with Gasteiger partial charge in [0.05, 0.1) is 0 Å². The van der Waals surface area contributed by atoms with Gasteiger partial charge in [0.25, 0.3) is 0 Å². The van der Waals surface area contributed by atoms with Gasteiger partial charge in [0.2, 0.25) is 0 Å². The molecule has 2 heterocycles. The molecule has 0 radical (unpaired) electrons. The molecule has 0 aromatic carbocycles. The first kappa shape index (κ1) is 12.9. The summed E-state index contributed by atoms with van der Waals surface area (Å²) in [6.07, 6.45) is 5.40. The summed E-state index contributed by atoms with van der Waals surface area (Å²) < 4.78 is 5.40. The molecule has 0 aliphatic carbocycles. The van der Waals surface area contributed by atoms with Gasteiger partial charge in [-0.15, -0.1) is 0 Å². The molecule has 5 nitrogen and oxygen atoms in total. The van der Waals surface area contributed by atoms with Crippen molar-refractivity contribution in [1.82, 2.24) is 14.9 Å². The molecule has 1 aromatic rings. The van der Waals surface area contributed by atoms with E-state index in [0.717, 1.165) is 25.2 Å². The highest BCUT2D eigenvalue weighted by molar-refractivity contribution is 5.68. The van der Waals surface area contributed by atoms with Crippen LogP contribution in [-0.2, 0) is 4.74 Å². The molecule has 1 fully saturated rings. The van der Waals surface area contributed by atoms with Crippen LogP contribution in [0.1, 0.15) is 45.4 Å². The average Bonchev–Trinajstić information content (AvgIpc) is 2.80. The minimum atomic E-state index is -0.436. The molecule has 18 heavy (non-hydrogen) atoms. The lowest BCUT2D eigenvalue weighted by atomic mass is 9.98. The number of rotatable bonds is 1. The summed E-state index contributed by atoms with van der Waals surface area (Å²) >= 11 is 0. The number of H-pyrrole nitrogens is 1. The van der Waals surface area contributed by atoms with E-state index < -0.39 is 5.60 Å². The van der Waals surface area contributed by atoms with Gasteiger partial charge in [0.15, 0.2) is 0 Å². The van der Waals surface area contributed by atoms with Crippen LogP contribution in [0.3, 0.4) is 0 Å². The van der Waals surface area contributed by atoms with Gasteiger partial charge in [0, 0.05) is 31.4 Å². The fraction of sp³-hybridized carbons (Fsp3) is 0.692. The second-order valence-corrected chi connectivity index (χ2v) is 5.74. The zero-order valence-electron chi connectivity index (χ0n) is 11.3. The first-order valence-corrected chi connectivity index (χ1v) is 6.43. The van der Waals surface area contributed by atoms with E-state index in [2.05, 4.69) is 9.97 Å². The Balaban J connectivity index is 1.96. The lowest BCUT2D eigenvalue weighted by molar-refractivity contribution is 0.0196. The molecule has 1 saturated heterocycles. The van der Waals surface area contributed by atoms with Gasteiger partial charge < -0.3 is 14.6 Å². The number of hydrogen-bond donors (Lipinski definition) is 1. The van der Waals surface area contributed by atoms with Crippen LogP contribution in [0.4, 0.5) is 4.79 Å². The Bertz CT molecular complexity index is 395. The predicted octanol–water partition coefficient (Wildman–Crippen LogP) is 2.52. The Morgan fingerprint density at radius 3 is 2.94 bits per heavy atom. The van der Waals surface area contributed by atoms with E-state index in [4.69, 9.17) is 4.74 Å². The van der Waals surface area contributed by atoms with Crippen LogP contribution >= 0.6 is 0 Å². The number of nitrogens with one attached hydrogen (secondary N) is 1. The summed E-state index contributed by atoms with van der Waals surface area (Å²) in [7, 11) is 0. The van der Waals surface area contributed by atoms with Crippen molar-refractivity contribution >= 4 is 6.09 Å². The summed E-state index contributed by atoms with van der Waals surface area (Å²) in [4.78, 5) is 21.2. The number of carbonyl (C=O) groups excluding carboxylic acids is 1. The molecule has 1 aliphatic rings. The smallest absolute Gasteiger partial charge is 0.410 e. The largest absolute Gasteiger partial charge is 0.444 e. The number of carbonyl (C=O) groups is 1. The Morgan fingerprint density at radius 2 is 2.33 bits per heavy atom. The maximum Gasteiger partial charge on any atom is 0.410 e. The quantitative estimate of drug-likeness (QED) is 0.834. The fourth-order valence-electron chi connectivity index (χ4n) is 2.19. The third-order valence-electron chi connectivity index (χ3n) is 2.98. The number of aromatic nitrogens is 2. The lowest BCUT2D eigenvalue weighted by Crippen LogP contribution is -2.42. The number of piperidine rings is 1. The standard InChI is InChI=1S/C13H21N3O2/c1-13(2,3)18-12(17)16-8-4-5-10(9-16)11-14-6-7-15-11/h6-7,10H,4-5,8-9H2,1-3H3,(H,14,15)/t10-/m1/s1. The highest BCUT2D eigenvalue weighted by Crippen LogP contribution is 2.25. The SMILES string of the molecule is CC(C)(C)OC(=O)N1CCC[C@@H](c2ncc[nH]2)C1. The van der Waals surface area contributed by atoms with E-state index in [9.17, 15) is 4.79 Å². The molecule has 1 aromatic heterocycles. The predicted molar refractivity (Wildman–Crippen MR) is 68.4 cm³/mol. The number of aromatic amines is 1. The van der Waals surface area contributed by atoms with Crippen LogP contribution in [0.5, 0.6) is 0 Å². The molecule has 1 amide bonds. The summed E-state index contributed by atoms with van der Waals surface area (Å²) in [6, 6.07) is 0. The molecule has 2 rings (SSSR count). The van der Waals surface area contributed by atoms with E-state index in [-0.39, 0.29) is 6.09 Å². The molecule has 5 heteroatoms. The number of amides is 1. The molecule has 0 saturated carbocycles. The van der Waals surface area contributed by atoms with Crippen LogP contribution < -0.4 is 0 Å². The van der Waals surface area contributed by atoms with Crippen molar-refractivity contribution in [3.05, 3.63) is 18.2 Å². The van der Waals surface area contributed by atoms with Crippen LogP contribution in [0.25, 0.3) is 0 Å². The Labute approximate surface area is 108 Å². The topological polar surface area (TPSA) is 58.2 Å². The van der Waals surface area contributed by atoms with Crippen LogP contribution in [0, 0.1) is 0 Å². The number of ether oxygens (including phenoxy) is 1. The Kier molecular flexibility index (Phi) is 3.59. The van der Waals surface area contributed by atoms with Gasteiger partial charge >= 0.3 is 6.09 Å². The third-order valence-corrected chi connectivity index (χ3v) is 2.98. The molecule has 100 valence electrons. The van der Waals surface area contributed by atoms with Crippen LogP contribution in [-0.4, -0.2) is 39.7 Å². The van der Waals surface area contributed by atoms with Gasteiger partial charge in [-0.3, -0.25) is 0 Å². The highest BCUT2D eigenvalue weighted by atomic mass is 16.6. The van der Waals surface area contributed by atoms with Crippen molar-refractivity contribution in [2.45, 2.75) is 45.1 Å². The zero-order valence-corrected chi connectivity index (χ0v) is 11.3. The highest BCUT2D eigenvalue weighted by Gasteiger charge is 2.29. The first-order chi connectivity index (χ1) is 8.46. The first-order valence-electron chi connectivity index (χ1n) is 6.43. The third kappa shape index (κ3) is 3.24. The van der Waals surface area contributed by atoms with E-state index >= 15 is 0 Å². The Hall–Kier alpha value is -1.52. The molecule has 0 bridgehead atoms. The van der Waals surface area contributed by atoms with E-state index in [1.54, 1.807) is 11.1 Å². The summed E-state index contributed by atoms with van der Waals surface area (Å²) in [6.45, 7) is 7.12. The summed E-state index contributed by atoms with van der Waals surface area (Å²) in [5.41, 5.74) is -0.436. The fourth-order valence-corrected chi connectivity index (χ4v) is 2.19.